The highest BCUT2D eigenvalue weighted by Gasteiger charge is 2.16. The molecule has 2 amide bonds. The number of halogens is 1. The van der Waals surface area contributed by atoms with Crippen molar-refractivity contribution in [1.82, 2.24) is 10.6 Å². The lowest BCUT2D eigenvalue weighted by Gasteiger charge is -2.13. The average molecular weight is 300 g/mol. The number of carbonyl (C=O) groups is 2. The van der Waals surface area contributed by atoms with E-state index in [-0.39, 0.29) is 11.8 Å². The van der Waals surface area contributed by atoms with Gasteiger partial charge >= 0.3 is 0 Å². The molecule has 5 nitrogen and oxygen atoms in total. The van der Waals surface area contributed by atoms with Crippen molar-refractivity contribution in [2.75, 3.05) is 12.8 Å². The monoisotopic (exact) mass is 299 g/mol. The fourth-order valence-corrected chi connectivity index (χ4v) is 1.64. The second-order valence-corrected chi connectivity index (χ2v) is 4.46. The third kappa shape index (κ3) is 3.45. The summed E-state index contributed by atoms with van der Waals surface area (Å²) in [6.07, 6.45) is 0. The highest BCUT2D eigenvalue weighted by Crippen LogP contribution is 2.18. The van der Waals surface area contributed by atoms with Crippen LogP contribution >= 0.6 is 15.9 Å². The predicted molar refractivity (Wildman–Crippen MR) is 69.5 cm³/mol. The molecular weight excluding hydrogens is 286 g/mol. The van der Waals surface area contributed by atoms with Crippen LogP contribution in [0.15, 0.2) is 22.7 Å². The van der Waals surface area contributed by atoms with E-state index in [9.17, 15) is 9.59 Å². The molecule has 6 heteroatoms. The fourth-order valence-electron chi connectivity index (χ4n) is 1.28. The van der Waals surface area contributed by atoms with Crippen LogP contribution in [0.4, 0.5) is 5.69 Å². The number of hydrogen-bond acceptors (Lipinski definition) is 3. The van der Waals surface area contributed by atoms with E-state index in [1.54, 1.807) is 25.1 Å². The average Bonchev–Trinajstić information content (AvgIpc) is 2.30. The summed E-state index contributed by atoms with van der Waals surface area (Å²) in [5.74, 6) is -0.633. The van der Waals surface area contributed by atoms with E-state index in [4.69, 9.17) is 5.73 Å². The summed E-state index contributed by atoms with van der Waals surface area (Å²) >= 11 is 3.26. The quantitative estimate of drug-likeness (QED) is 0.725. The Morgan fingerprint density at radius 2 is 2.06 bits per heavy atom. The second-order valence-electron chi connectivity index (χ2n) is 3.54. The van der Waals surface area contributed by atoms with Crippen LogP contribution in [0.1, 0.15) is 17.3 Å². The van der Waals surface area contributed by atoms with Gasteiger partial charge in [-0.3, -0.25) is 9.59 Å². The summed E-state index contributed by atoms with van der Waals surface area (Å²) in [6.45, 7) is 1.60. The number of hydrogen-bond donors (Lipinski definition) is 3. The molecule has 92 valence electrons. The maximum absolute atomic E-state index is 11.9. The van der Waals surface area contributed by atoms with Crippen LogP contribution in [0.2, 0.25) is 0 Å². The molecular formula is C11H14BrN3O2. The summed E-state index contributed by atoms with van der Waals surface area (Å²) in [7, 11) is 1.51. The van der Waals surface area contributed by atoms with Crippen molar-refractivity contribution in [1.29, 1.82) is 0 Å². The molecule has 0 aromatic heterocycles. The van der Waals surface area contributed by atoms with Gasteiger partial charge in [0.1, 0.15) is 6.04 Å². The van der Waals surface area contributed by atoms with Crippen LogP contribution in [0.25, 0.3) is 0 Å². The van der Waals surface area contributed by atoms with Crippen LogP contribution in [0.5, 0.6) is 0 Å². The Morgan fingerprint density at radius 1 is 1.41 bits per heavy atom. The van der Waals surface area contributed by atoms with Gasteiger partial charge in [0.15, 0.2) is 0 Å². The molecule has 17 heavy (non-hydrogen) atoms. The Labute approximate surface area is 108 Å². The summed E-state index contributed by atoms with van der Waals surface area (Å²) in [5, 5.41) is 5.02. The molecule has 0 radical (unpaired) electrons. The molecule has 1 atom stereocenters. The summed E-state index contributed by atoms with van der Waals surface area (Å²) in [5.41, 5.74) is 6.41. The Kier molecular flexibility index (Phi) is 4.51. The van der Waals surface area contributed by atoms with Crippen molar-refractivity contribution in [3.05, 3.63) is 28.2 Å². The lowest BCUT2D eigenvalue weighted by molar-refractivity contribution is -0.122. The van der Waals surface area contributed by atoms with Crippen LogP contribution in [-0.2, 0) is 4.79 Å². The van der Waals surface area contributed by atoms with Gasteiger partial charge in [-0.05, 0) is 25.1 Å². The smallest absolute Gasteiger partial charge is 0.254 e. The van der Waals surface area contributed by atoms with Gasteiger partial charge in [0.25, 0.3) is 5.91 Å². The highest BCUT2D eigenvalue weighted by molar-refractivity contribution is 9.10. The summed E-state index contributed by atoms with van der Waals surface area (Å²) in [6, 6.07) is 4.38. The first-order chi connectivity index (χ1) is 7.95. The van der Waals surface area contributed by atoms with Crippen LogP contribution in [-0.4, -0.2) is 24.9 Å². The molecule has 1 aromatic rings. The first kappa shape index (κ1) is 13.5. The van der Waals surface area contributed by atoms with E-state index in [1.165, 1.54) is 7.05 Å². The zero-order chi connectivity index (χ0) is 13.0. The Balaban J connectivity index is 2.83. The standard InChI is InChI=1S/C11H14BrN3O2/c1-6(10(16)14-2)15-11(17)8-5-7(12)3-4-9(8)13/h3-6H,13H2,1-2H3,(H,14,16)(H,15,17). The number of nitrogens with two attached hydrogens (primary N) is 1. The molecule has 0 spiro atoms. The number of nitrogens with one attached hydrogen (secondary N) is 2. The van der Waals surface area contributed by atoms with Crippen molar-refractivity contribution in [3.8, 4) is 0 Å². The van der Waals surface area contributed by atoms with E-state index >= 15 is 0 Å². The van der Waals surface area contributed by atoms with Gasteiger partial charge in [-0.15, -0.1) is 0 Å². The van der Waals surface area contributed by atoms with Gasteiger partial charge in [-0.2, -0.15) is 0 Å². The molecule has 0 fully saturated rings. The van der Waals surface area contributed by atoms with Gasteiger partial charge in [-0.25, -0.2) is 0 Å². The topological polar surface area (TPSA) is 84.2 Å². The van der Waals surface area contributed by atoms with E-state index in [0.717, 1.165) is 4.47 Å². The highest BCUT2D eigenvalue weighted by atomic mass is 79.9. The zero-order valence-corrected chi connectivity index (χ0v) is 11.2. The second kappa shape index (κ2) is 5.67. The van der Waals surface area contributed by atoms with E-state index in [1.807, 2.05) is 0 Å². The van der Waals surface area contributed by atoms with Crippen molar-refractivity contribution in [2.45, 2.75) is 13.0 Å². The van der Waals surface area contributed by atoms with Gasteiger partial charge in [0.05, 0.1) is 5.56 Å². The minimum Gasteiger partial charge on any atom is -0.398 e. The summed E-state index contributed by atoms with van der Waals surface area (Å²) in [4.78, 5) is 23.1. The van der Waals surface area contributed by atoms with Crippen LogP contribution in [0.3, 0.4) is 0 Å². The van der Waals surface area contributed by atoms with Crippen molar-refractivity contribution < 1.29 is 9.59 Å². The molecule has 0 bridgehead atoms. The first-order valence-corrected chi connectivity index (χ1v) is 5.82. The molecule has 0 aliphatic carbocycles. The third-order valence-electron chi connectivity index (χ3n) is 2.25. The number of likely N-dealkylation sites (N-methyl/N-ethyl adjacent to an activating group) is 1. The van der Waals surface area contributed by atoms with Gasteiger partial charge in [0.2, 0.25) is 5.91 Å². The number of benzene rings is 1. The SMILES string of the molecule is CNC(=O)C(C)NC(=O)c1cc(Br)ccc1N. The van der Waals surface area contributed by atoms with Gasteiger partial charge < -0.3 is 16.4 Å². The normalized spacial score (nSPS) is 11.7. The van der Waals surface area contributed by atoms with E-state index in [2.05, 4.69) is 26.6 Å². The maximum atomic E-state index is 11.9. The van der Waals surface area contributed by atoms with Crippen molar-refractivity contribution in [2.24, 2.45) is 0 Å². The lowest BCUT2D eigenvalue weighted by Crippen LogP contribution is -2.43. The number of nitrogen functional groups attached to an aromatic ring is 1. The lowest BCUT2D eigenvalue weighted by atomic mass is 10.1. The number of anilines is 1. The van der Waals surface area contributed by atoms with E-state index in [0.29, 0.717) is 11.3 Å². The molecule has 1 aromatic carbocycles. The van der Waals surface area contributed by atoms with Gasteiger partial charge in [-0.1, -0.05) is 15.9 Å². The third-order valence-corrected chi connectivity index (χ3v) is 2.74. The minimum atomic E-state index is -0.606. The molecule has 1 unspecified atom stereocenters. The summed E-state index contributed by atoms with van der Waals surface area (Å²) < 4.78 is 0.754. The molecule has 1 rings (SSSR count). The van der Waals surface area contributed by atoms with Crippen molar-refractivity contribution in [3.63, 3.8) is 0 Å². The molecule has 0 aliphatic rings. The number of amides is 2. The molecule has 0 aliphatic heterocycles. The molecule has 4 N–H and O–H groups in total. The maximum Gasteiger partial charge on any atom is 0.254 e. The van der Waals surface area contributed by atoms with Crippen molar-refractivity contribution >= 4 is 33.4 Å². The zero-order valence-electron chi connectivity index (χ0n) is 9.58. The first-order valence-electron chi connectivity index (χ1n) is 5.03. The van der Waals surface area contributed by atoms with Gasteiger partial charge in [0, 0.05) is 17.2 Å². The predicted octanol–water partition coefficient (Wildman–Crippen LogP) is 0.896. The Hall–Kier alpha value is -1.56. The Morgan fingerprint density at radius 3 is 2.65 bits per heavy atom. The largest absolute Gasteiger partial charge is 0.398 e. The molecule has 0 saturated heterocycles. The van der Waals surface area contributed by atoms with E-state index < -0.39 is 6.04 Å². The molecule has 0 heterocycles. The Bertz CT molecular complexity index is 448. The fraction of sp³-hybridized carbons (Fsp3) is 0.273. The number of rotatable bonds is 3. The van der Waals surface area contributed by atoms with Crippen LogP contribution < -0.4 is 16.4 Å². The number of carbonyl (C=O) groups excluding carboxylic acids is 2. The minimum absolute atomic E-state index is 0.257. The molecule has 0 saturated carbocycles. The van der Waals surface area contributed by atoms with Crippen LogP contribution in [0, 0.1) is 0 Å².